The lowest BCUT2D eigenvalue weighted by atomic mass is 10.0. The Labute approximate surface area is 340 Å². The van der Waals surface area contributed by atoms with Gasteiger partial charge in [-0.05, 0) is 90.5 Å². The molecule has 4 aromatic carbocycles. The molecule has 0 unspecified atom stereocenters. The zero-order chi connectivity index (χ0) is 37.1. The predicted molar refractivity (Wildman–Crippen MR) is 231 cm³/mol. The molecule has 262 valence electrons. The van der Waals surface area contributed by atoms with Crippen LogP contribution >= 0.6 is 69.6 Å². The van der Waals surface area contributed by atoms with Crippen molar-refractivity contribution in [2.75, 3.05) is 0 Å². The van der Waals surface area contributed by atoms with E-state index in [1.165, 1.54) is 0 Å². The summed E-state index contributed by atoms with van der Waals surface area (Å²) in [5, 5.41) is 2.85. The van der Waals surface area contributed by atoms with Crippen molar-refractivity contribution in [3.05, 3.63) is 162 Å². The lowest BCUT2D eigenvalue weighted by molar-refractivity contribution is 1.31. The Bertz CT molecular complexity index is 2800. The van der Waals surface area contributed by atoms with Gasteiger partial charge in [-0.3, -0.25) is 0 Å². The minimum atomic E-state index is 0.463. The van der Waals surface area contributed by atoms with Gasteiger partial charge in [-0.15, -0.1) is 0 Å². The fourth-order valence-corrected chi connectivity index (χ4v) is 8.87. The highest BCUT2D eigenvalue weighted by Crippen LogP contribution is 2.45. The van der Waals surface area contributed by atoms with Crippen molar-refractivity contribution in [3.8, 4) is 44.5 Å². The van der Waals surface area contributed by atoms with Crippen LogP contribution in [0.3, 0.4) is 0 Å². The summed E-state index contributed by atoms with van der Waals surface area (Å²) in [6, 6.07) is 34.5. The lowest BCUT2D eigenvalue weighted by Crippen LogP contribution is -1.91. The zero-order valence-electron chi connectivity index (χ0n) is 27.9. The monoisotopic (exact) mass is 818 g/mol. The Balaban J connectivity index is 1.53. The molecule has 0 saturated heterocycles. The number of aromatic nitrogens is 4. The topological polar surface area (TPSA) is 57.4 Å². The van der Waals surface area contributed by atoms with E-state index in [1.54, 1.807) is 12.1 Å². The van der Waals surface area contributed by atoms with Gasteiger partial charge in [0.2, 0.25) is 0 Å². The summed E-state index contributed by atoms with van der Waals surface area (Å²) in [5.41, 5.74) is 11.6. The quantitative estimate of drug-likeness (QED) is 0.186. The molecule has 7 aromatic rings. The summed E-state index contributed by atoms with van der Waals surface area (Å²) in [5.74, 6) is 0. The molecule has 0 spiro atoms. The molecule has 0 fully saturated rings. The van der Waals surface area contributed by atoms with Crippen molar-refractivity contribution in [1.29, 1.82) is 0 Å². The second-order valence-corrected chi connectivity index (χ2v) is 15.1. The van der Waals surface area contributed by atoms with E-state index >= 15 is 0 Å². The maximum atomic E-state index is 6.94. The third-order valence-corrected chi connectivity index (χ3v) is 11.3. The highest BCUT2D eigenvalue weighted by molar-refractivity contribution is 6.41. The minimum absolute atomic E-state index is 0.463. The van der Waals surface area contributed by atoms with Crippen molar-refractivity contribution < 1.29 is 0 Å². The van der Waals surface area contributed by atoms with Gasteiger partial charge in [0.1, 0.15) is 0 Å². The van der Waals surface area contributed by atoms with Gasteiger partial charge in [-0.1, -0.05) is 118 Å². The Kier molecular flexibility index (Phi) is 9.15. The number of rotatable bonds is 4. The molecule has 2 aliphatic heterocycles. The first kappa shape index (κ1) is 35.0. The number of nitrogens with one attached hydrogen (secondary N) is 2. The number of benzene rings is 4. The van der Waals surface area contributed by atoms with Crippen molar-refractivity contribution >= 4 is 116 Å². The molecule has 5 heterocycles. The summed E-state index contributed by atoms with van der Waals surface area (Å²) in [7, 11) is 0. The zero-order valence-corrected chi connectivity index (χ0v) is 32.4. The fourth-order valence-electron chi connectivity index (χ4n) is 7.11. The van der Waals surface area contributed by atoms with Crippen LogP contribution in [0.15, 0.2) is 109 Å². The van der Waals surface area contributed by atoms with Crippen LogP contribution in [-0.2, 0) is 0 Å². The number of hydrogen-bond donors (Lipinski definition) is 2. The van der Waals surface area contributed by atoms with Crippen LogP contribution in [-0.4, -0.2) is 19.9 Å². The van der Waals surface area contributed by atoms with Gasteiger partial charge < -0.3 is 9.97 Å². The number of hydrogen-bond acceptors (Lipinski definition) is 2. The molecule has 4 nitrogen and oxygen atoms in total. The Hall–Kier alpha value is -4.78. The highest BCUT2D eigenvalue weighted by Gasteiger charge is 2.23. The molecule has 54 heavy (non-hydrogen) atoms. The van der Waals surface area contributed by atoms with Gasteiger partial charge in [0, 0.05) is 61.0 Å². The Morgan fingerprint density at radius 2 is 0.593 bits per heavy atom. The van der Waals surface area contributed by atoms with Gasteiger partial charge in [-0.25, -0.2) is 9.97 Å². The summed E-state index contributed by atoms with van der Waals surface area (Å²) < 4.78 is 0. The normalized spacial score (nSPS) is 12.1. The molecular weight excluding hydrogens is 797 g/mol. The van der Waals surface area contributed by atoms with Gasteiger partial charge >= 0.3 is 0 Å². The van der Waals surface area contributed by atoms with E-state index in [9.17, 15) is 0 Å². The minimum Gasteiger partial charge on any atom is -0.354 e. The summed E-state index contributed by atoms with van der Waals surface area (Å²) in [4.78, 5) is 17.9. The first-order chi connectivity index (χ1) is 26.3. The molecule has 0 amide bonds. The van der Waals surface area contributed by atoms with E-state index in [0.29, 0.717) is 75.0 Å². The van der Waals surface area contributed by atoms with E-state index in [4.69, 9.17) is 79.6 Å². The van der Waals surface area contributed by atoms with Crippen molar-refractivity contribution in [3.63, 3.8) is 0 Å². The molecule has 0 radical (unpaired) electrons. The molecule has 2 aliphatic rings. The molecule has 3 aromatic heterocycles. The molecule has 0 saturated carbocycles. The SMILES string of the molecule is Clc1cccc(Cl)c1-c1c2nc(c(-c3c(Cl)cccc3Cl)c3ccc([nH]3)c(-c3c(Cl)cccc3Cl)c3nc(c(-c4ccccc4)c4ccc1[nH]4)C=C3)C=C2. The number of aromatic amines is 2. The summed E-state index contributed by atoms with van der Waals surface area (Å²) in [6.45, 7) is 0. The number of H-pyrrole nitrogens is 2. The Morgan fingerprint density at radius 1 is 0.296 bits per heavy atom. The fraction of sp³-hybridized carbons (Fsp3) is 0. The highest BCUT2D eigenvalue weighted by atomic mass is 35.5. The standard InChI is InChI=1S/C44H24Cl6N4/c45-24-9-4-10-25(46)39(24)42-32-17-15-30(51-32)38(23-7-2-1-3-8-23)31-16-18-33(52-31)43(40-26(47)11-5-12-27(40)48)35-20-22-37(54-35)44(36-21-19-34(42)53-36)41-28(49)13-6-14-29(41)50/h1-22,51,54H. The van der Waals surface area contributed by atoms with Gasteiger partial charge in [0.15, 0.2) is 0 Å². The first-order valence-electron chi connectivity index (χ1n) is 16.8. The van der Waals surface area contributed by atoms with Crippen LogP contribution < -0.4 is 0 Å². The van der Waals surface area contributed by atoms with Gasteiger partial charge in [-0.2, -0.15) is 0 Å². The molecular formula is C44H24Cl6N4. The van der Waals surface area contributed by atoms with Crippen molar-refractivity contribution in [1.82, 2.24) is 19.9 Å². The van der Waals surface area contributed by atoms with E-state index in [0.717, 1.165) is 44.5 Å². The van der Waals surface area contributed by atoms with Crippen molar-refractivity contribution in [2.24, 2.45) is 0 Å². The van der Waals surface area contributed by atoms with E-state index < -0.39 is 0 Å². The lowest BCUT2D eigenvalue weighted by Gasteiger charge is -2.11. The summed E-state index contributed by atoms with van der Waals surface area (Å²) in [6.07, 6.45) is 7.88. The average molecular weight is 821 g/mol. The van der Waals surface area contributed by atoms with Crippen LogP contribution in [0.25, 0.3) is 90.9 Å². The molecule has 2 N–H and O–H groups in total. The first-order valence-corrected chi connectivity index (χ1v) is 19.1. The van der Waals surface area contributed by atoms with Gasteiger partial charge in [0.05, 0.1) is 52.9 Å². The predicted octanol–water partition coefficient (Wildman–Crippen LogP) is 15.2. The maximum absolute atomic E-state index is 6.94. The summed E-state index contributed by atoms with van der Waals surface area (Å²) >= 11 is 41.6. The van der Waals surface area contributed by atoms with Crippen molar-refractivity contribution in [2.45, 2.75) is 0 Å². The largest absolute Gasteiger partial charge is 0.354 e. The number of fused-ring (bicyclic) bond motifs is 8. The second kappa shape index (κ2) is 14.1. The third-order valence-electron chi connectivity index (χ3n) is 9.45. The van der Waals surface area contributed by atoms with Crippen LogP contribution in [0.2, 0.25) is 30.1 Å². The van der Waals surface area contributed by atoms with Crippen LogP contribution in [0.1, 0.15) is 22.8 Å². The molecule has 8 bridgehead atoms. The van der Waals surface area contributed by atoms with Crippen LogP contribution in [0, 0.1) is 0 Å². The van der Waals surface area contributed by atoms with Gasteiger partial charge in [0.25, 0.3) is 0 Å². The molecule has 0 aliphatic carbocycles. The number of halogens is 6. The average Bonchev–Trinajstić information content (AvgIpc) is 3.99. The van der Waals surface area contributed by atoms with E-state index in [-0.39, 0.29) is 0 Å². The molecule has 9 rings (SSSR count). The molecule has 10 heteroatoms. The smallest absolute Gasteiger partial charge is 0.0738 e. The van der Waals surface area contributed by atoms with E-state index in [2.05, 4.69) is 22.1 Å². The number of nitrogens with zero attached hydrogens (tertiary/aromatic N) is 2. The maximum Gasteiger partial charge on any atom is 0.0738 e. The molecule has 0 atom stereocenters. The third kappa shape index (κ3) is 6.04. The van der Waals surface area contributed by atoms with Crippen LogP contribution in [0.5, 0.6) is 0 Å². The second-order valence-electron chi connectivity index (χ2n) is 12.7. The Morgan fingerprint density at radius 3 is 0.926 bits per heavy atom. The van der Waals surface area contributed by atoms with Crippen LogP contribution in [0.4, 0.5) is 0 Å². The van der Waals surface area contributed by atoms with E-state index in [1.807, 2.05) is 109 Å².